The highest BCUT2D eigenvalue weighted by Crippen LogP contribution is 2.63. The van der Waals surface area contributed by atoms with E-state index in [1.165, 1.54) is 19.3 Å². The van der Waals surface area contributed by atoms with Crippen LogP contribution in [0.15, 0.2) is 4.99 Å². The van der Waals surface area contributed by atoms with E-state index in [0.29, 0.717) is 28.9 Å². The maximum atomic E-state index is 6.01. The molecule has 0 saturated heterocycles. The number of nitrogens with zero attached hydrogens (tertiary/aromatic N) is 1. The van der Waals surface area contributed by atoms with E-state index in [1.807, 2.05) is 0 Å². The lowest BCUT2D eigenvalue weighted by molar-refractivity contribution is 0.142. The minimum Gasteiger partial charge on any atom is -0.370 e. The van der Waals surface area contributed by atoms with Crippen LogP contribution in [0.2, 0.25) is 0 Å². The van der Waals surface area contributed by atoms with E-state index < -0.39 is 0 Å². The first-order valence-electron chi connectivity index (χ1n) is 6.85. The number of nitrogens with one attached hydrogen (secondary N) is 1. The molecule has 3 atom stereocenters. The Labute approximate surface area is 105 Å². The lowest BCUT2D eigenvalue weighted by Crippen LogP contribution is -2.44. The zero-order chi connectivity index (χ0) is 12.8. The molecule has 2 rings (SSSR count). The Balaban J connectivity index is 2.20. The molecule has 2 aliphatic rings. The van der Waals surface area contributed by atoms with Crippen molar-refractivity contribution in [3.8, 4) is 0 Å². The third-order valence-corrected chi connectivity index (χ3v) is 4.90. The van der Waals surface area contributed by atoms with Crippen LogP contribution in [-0.2, 0) is 0 Å². The number of nitrogens with two attached hydrogens (primary N) is 1. The first-order valence-corrected chi connectivity index (χ1v) is 6.85. The van der Waals surface area contributed by atoms with Gasteiger partial charge in [0.25, 0.3) is 0 Å². The fraction of sp³-hybridized carbons (Fsp3) is 0.929. The van der Waals surface area contributed by atoms with Crippen molar-refractivity contribution in [3.63, 3.8) is 0 Å². The largest absolute Gasteiger partial charge is 0.370 e. The normalized spacial score (nSPS) is 40.0. The van der Waals surface area contributed by atoms with Gasteiger partial charge in [-0.2, -0.15) is 0 Å². The molecule has 0 aromatic heterocycles. The summed E-state index contributed by atoms with van der Waals surface area (Å²) < 4.78 is 0. The monoisotopic (exact) mass is 237 g/mol. The van der Waals surface area contributed by atoms with E-state index in [-0.39, 0.29) is 0 Å². The number of rotatable bonds is 2. The van der Waals surface area contributed by atoms with Crippen molar-refractivity contribution in [1.82, 2.24) is 5.32 Å². The zero-order valence-electron chi connectivity index (χ0n) is 11.9. The van der Waals surface area contributed by atoms with Crippen molar-refractivity contribution >= 4 is 5.96 Å². The van der Waals surface area contributed by atoms with E-state index in [1.54, 1.807) is 0 Å². The molecule has 0 spiro atoms. The standard InChI is InChI=1S/C14H27N3/c1-9(2)16-12(15)17-11-13(3,4)10-6-7-14(11,5)8-10/h9-11H,6-8H2,1-5H3,(H3,15,16,17). The van der Waals surface area contributed by atoms with Gasteiger partial charge < -0.3 is 11.1 Å². The Hall–Kier alpha value is -0.730. The number of fused-ring (bicyclic) bond motifs is 2. The average Bonchev–Trinajstić information content (AvgIpc) is 2.63. The maximum absolute atomic E-state index is 6.01. The van der Waals surface area contributed by atoms with Crippen LogP contribution in [0.4, 0.5) is 0 Å². The first-order chi connectivity index (χ1) is 7.75. The van der Waals surface area contributed by atoms with Gasteiger partial charge in [0.15, 0.2) is 5.96 Å². The maximum Gasteiger partial charge on any atom is 0.189 e. The molecule has 2 bridgehead atoms. The van der Waals surface area contributed by atoms with Crippen LogP contribution >= 0.6 is 0 Å². The second-order valence-corrected chi connectivity index (χ2v) is 7.13. The van der Waals surface area contributed by atoms with Gasteiger partial charge >= 0.3 is 0 Å². The van der Waals surface area contributed by atoms with Crippen molar-refractivity contribution in [1.29, 1.82) is 0 Å². The van der Waals surface area contributed by atoms with Gasteiger partial charge in [-0.05, 0) is 49.9 Å². The summed E-state index contributed by atoms with van der Waals surface area (Å²) in [5.74, 6) is 1.44. The summed E-state index contributed by atoms with van der Waals surface area (Å²) in [6.07, 6.45) is 4.00. The molecule has 3 N–H and O–H groups in total. The molecule has 17 heavy (non-hydrogen) atoms. The predicted octanol–water partition coefficient (Wildman–Crippen LogP) is 2.51. The SMILES string of the molecule is CC(C)NC(N)=NC1C2(C)CCC(C2)C1(C)C. The molecular formula is C14H27N3. The number of hydrogen-bond donors (Lipinski definition) is 2. The molecule has 3 nitrogen and oxygen atoms in total. The number of aliphatic imine (C=N–C) groups is 1. The quantitative estimate of drug-likeness (QED) is 0.573. The second kappa shape index (κ2) is 3.89. The molecule has 0 aliphatic heterocycles. The van der Waals surface area contributed by atoms with Gasteiger partial charge in [0.05, 0.1) is 6.04 Å². The number of hydrogen-bond acceptors (Lipinski definition) is 1. The number of guanidine groups is 1. The van der Waals surface area contributed by atoms with Crippen molar-refractivity contribution in [2.24, 2.45) is 27.5 Å². The smallest absolute Gasteiger partial charge is 0.189 e. The van der Waals surface area contributed by atoms with Crippen LogP contribution in [0.1, 0.15) is 53.9 Å². The molecule has 3 heteroatoms. The Morgan fingerprint density at radius 2 is 2.00 bits per heavy atom. The second-order valence-electron chi connectivity index (χ2n) is 7.13. The molecule has 2 aliphatic carbocycles. The van der Waals surface area contributed by atoms with Gasteiger partial charge in [-0.15, -0.1) is 0 Å². The Morgan fingerprint density at radius 1 is 1.35 bits per heavy atom. The lowest BCUT2D eigenvalue weighted by Gasteiger charge is -2.40. The van der Waals surface area contributed by atoms with E-state index in [9.17, 15) is 0 Å². The van der Waals surface area contributed by atoms with Gasteiger partial charge in [-0.3, -0.25) is 0 Å². The van der Waals surface area contributed by atoms with Crippen LogP contribution in [-0.4, -0.2) is 18.0 Å². The van der Waals surface area contributed by atoms with Gasteiger partial charge in [-0.1, -0.05) is 20.8 Å². The van der Waals surface area contributed by atoms with Gasteiger partial charge in [0.2, 0.25) is 0 Å². The molecule has 3 unspecified atom stereocenters. The molecular weight excluding hydrogens is 210 g/mol. The highest BCUT2D eigenvalue weighted by atomic mass is 15.1. The molecule has 2 saturated carbocycles. The molecule has 0 radical (unpaired) electrons. The molecule has 0 aromatic rings. The minimum atomic E-state index is 0.302. The highest BCUT2D eigenvalue weighted by Gasteiger charge is 2.59. The topological polar surface area (TPSA) is 50.4 Å². The summed E-state index contributed by atoms with van der Waals surface area (Å²) in [4.78, 5) is 4.81. The van der Waals surface area contributed by atoms with E-state index in [2.05, 4.69) is 39.9 Å². The summed E-state index contributed by atoms with van der Waals surface area (Å²) in [7, 11) is 0. The summed E-state index contributed by atoms with van der Waals surface area (Å²) in [6, 6.07) is 0.730. The predicted molar refractivity (Wildman–Crippen MR) is 72.9 cm³/mol. The van der Waals surface area contributed by atoms with Gasteiger partial charge in [0, 0.05) is 6.04 Å². The van der Waals surface area contributed by atoms with Crippen molar-refractivity contribution in [3.05, 3.63) is 0 Å². The molecule has 98 valence electrons. The highest BCUT2D eigenvalue weighted by molar-refractivity contribution is 5.78. The van der Waals surface area contributed by atoms with Gasteiger partial charge in [0.1, 0.15) is 0 Å². The van der Waals surface area contributed by atoms with Crippen LogP contribution in [0.25, 0.3) is 0 Å². The minimum absolute atomic E-state index is 0.302. The fourth-order valence-corrected chi connectivity index (χ4v) is 4.07. The Morgan fingerprint density at radius 3 is 2.47 bits per heavy atom. The molecule has 2 fully saturated rings. The summed E-state index contributed by atoms with van der Waals surface area (Å²) in [5, 5.41) is 3.21. The van der Waals surface area contributed by atoms with Crippen LogP contribution in [0.3, 0.4) is 0 Å². The summed E-state index contributed by atoms with van der Waals surface area (Å²) in [5.41, 5.74) is 6.68. The summed E-state index contributed by atoms with van der Waals surface area (Å²) >= 11 is 0. The van der Waals surface area contributed by atoms with Crippen molar-refractivity contribution < 1.29 is 0 Å². The van der Waals surface area contributed by atoms with Crippen molar-refractivity contribution in [2.45, 2.75) is 66.0 Å². The Bertz CT molecular complexity index is 328. The molecule has 0 aromatic carbocycles. The van der Waals surface area contributed by atoms with E-state index in [4.69, 9.17) is 10.7 Å². The van der Waals surface area contributed by atoms with Crippen molar-refractivity contribution in [2.75, 3.05) is 0 Å². The molecule has 0 amide bonds. The first kappa shape index (κ1) is 12.7. The average molecular weight is 237 g/mol. The van der Waals surface area contributed by atoms with Crippen LogP contribution < -0.4 is 11.1 Å². The summed E-state index contributed by atoms with van der Waals surface area (Å²) in [6.45, 7) is 11.3. The van der Waals surface area contributed by atoms with E-state index in [0.717, 1.165) is 5.92 Å². The van der Waals surface area contributed by atoms with Crippen LogP contribution in [0.5, 0.6) is 0 Å². The fourth-order valence-electron chi connectivity index (χ4n) is 4.07. The third kappa shape index (κ3) is 2.04. The zero-order valence-corrected chi connectivity index (χ0v) is 11.9. The third-order valence-electron chi connectivity index (χ3n) is 4.90. The lowest BCUT2D eigenvalue weighted by atomic mass is 9.69. The van der Waals surface area contributed by atoms with Crippen LogP contribution in [0, 0.1) is 16.7 Å². The van der Waals surface area contributed by atoms with E-state index >= 15 is 0 Å². The Kier molecular flexibility index (Phi) is 2.91. The molecule has 0 heterocycles. The van der Waals surface area contributed by atoms with Gasteiger partial charge in [-0.25, -0.2) is 4.99 Å².